The van der Waals surface area contributed by atoms with Crippen molar-refractivity contribution in [1.82, 2.24) is 5.32 Å². The number of hydrogen-bond acceptors (Lipinski definition) is 4. The molecular weight excluding hydrogens is 384 g/mol. The van der Waals surface area contributed by atoms with Crippen molar-refractivity contribution in [2.24, 2.45) is 5.16 Å². The predicted molar refractivity (Wildman–Crippen MR) is 99.7 cm³/mol. The average molecular weight is 403 g/mol. The number of methoxy groups -OCH3 is 1. The standard InChI is InChI=1S/C19H19BrN2O3/c1-12(13-5-4-8-16(10-13)24-2)21-19(23)18-11-17(22-25-18)14-6-3-7-15(20)9-14/h3-10,12,18H,11H2,1-2H3,(H,21,23)/t12-,18+/m0/s1. The van der Waals surface area contributed by atoms with E-state index in [1.165, 1.54) is 0 Å². The Hall–Kier alpha value is -2.34. The van der Waals surface area contributed by atoms with Crippen LogP contribution in [0.2, 0.25) is 0 Å². The normalized spacial score (nSPS) is 17.4. The quantitative estimate of drug-likeness (QED) is 0.826. The zero-order valence-corrected chi connectivity index (χ0v) is 15.6. The molecule has 1 amide bonds. The summed E-state index contributed by atoms with van der Waals surface area (Å²) < 4.78 is 6.19. The molecule has 1 N–H and O–H groups in total. The molecule has 3 rings (SSSR count). The fourth-order valence-corrected chi connectivity index (χ4v) is 3.06. The lowest BCUT2D eigenvalue weighted by molar-refractivity contribution is -0.131. The molecule has 0 fully saturated rings. The first-order valence-electron chi connectivity index (χ1n) is 8.00. The van der Waals surface area contributed by atoms with Crippen LogP contribution < -0.4 is 10.1 Å². The highest BCUT2D eigenvalue weighted by Crippen LogP contribution is 2.22. The van der Waals surface area contributed by atoms with Crippen molar-refractivity contribution in [2.45, 2.75) is 25.5 Å². The maximum absolute atomic E-state index is 12.5. The van der Waals surface area contributed by atoms with Gasteiger partial charge in [-0.15, -0.1) is 0 Å². The van der Waals surface area contributed by atoms with Gasteiger partial charge in [0, 0.05) is 16.5 Å². The van der Waals surface area contributed by atoms with Gasteiger partial charge in [0.15, 0.2) is 0 Å². The average Bonchev–Trinajstić information content (AvgIpc) is 3.12. The van der Waals surface area contributed by atoms with E-state index in [1.54, 1.807) is 7.11 Å². The van der Waals surface area contributed by atoms with Crippen molar-refractivity contribution in [3.8, 4) is 5.75 Å². The van der Waals surface area contributed by atoms with Crippen LogP contribution in [0.5, 0.6) is 5.75 Å². The number of carbonyl (C=O) groups is 1. The van der Waals surface area contributed by atoms with Crippen LogP contribution in [0, 0.1) is 0 Å². The molecule has 0 aliphatic carbocycles. The van der Waals surface area contributed by atoms with E-state index in [1.807, 2.05) is 55.5 Å². The molecule has 1 aliphatic rings. The van der Waals surface area contributed by atoms with Gasteiger partial charge in [0.05, 0.1) is 18.9 Å². The summed E-state index contributed by atoms with van der Waals surface area (Å²) in [5.74, 6) is 0.583. The van der Waals surface area contributed by atoms with E-state index in [4.69, 9.17) is 9.57 Å². The van der Waals surface area contributed by atoms with E-state index in [9.17, 15) is 4.79 Å². The monoisotopic (exact) mass is 402 g/mol. The zero-order chi connectivity index (χ0) is 17.8. The Labute approximate surface area is 155 Å². The second-order valence-electron chi connectivity index (χ2n) is 5.85. The van der Waals surface area contributed by atoms with E-state index < -0.39 is 6.10 Å². The third-order valence-corrected chi connectivity index (χ3v) is 4.56. The van der Waals surface area contributed by atoms with Crippen molar-refractivity contribution in [1.29, 1.82) is 0 Å². The van der Waals surface area contributed by atoms with Gasteiger partial charge in [-0.3, -0.25) is 4.79 Å². The summed E-state index contributed by atoms with van der Waals surface area (Å²) in [5, 5.41) is 7.04. The van der Waals surface area contributed by atoms with E-state index in [2.05, 4.69) is 26.4 Å². The molecule has 0 unspecified atom stereocenters. The van der Waals surface area contributed by atoms with Gasteiger partial charge < -0.3 is 14.9 Å². The summed E-state index contributed by atoms with van der Waals surface area (Å²) >= 11 is 3.44. The molecule has 5 nitrogen and oxygen atoms in total. The molecule has 25 heavy (non-hydrogen) atoms. The van der Waals surface area contributed by atoms with Crippen LogP contribution in [0.4, 0.5) is 0 Å². The third kappa shape index (κ3) is 4.20. The van der Waals surface area contributed by atoms with Crippen molar-refractivity contribution < 1.29 is 14.4 Å². The fraction of sp³-hybridized carbons (Fsp3) is 0.263. The van der Waals surface area contributed by atoms with E-state index >= 15 is 0 Å². The predicted octanol–water partition coefficient (Wildman–Crippen LogP) is 3.83. The van der Waals surface area contributed by atoms with Gasteiger partial charge >= 0.3 is 0 Å². The number of rotatable bonds is 5. The SMILES string of the molecule is COc1cccc([C@H](C)NC(=O)[C@H]2CC(c3cccc(Br)c3)=NO2)c1. The number of amides is 1. The Morgan fingerprint density at radius 3 is 2.88 bits per heavy atom. The van der Waals surface area contributed by atoms with Crippen LogP contribution in [-0.2, 0) is 9.63 Å². The minimum atomic E-state index is -0.609. The molecule has 0 saturated carbocycles. The van der Waals surface area contributed by atoms with Crippen LogP contribution in [-0.4, -0.2) is 24.8 Å². The van der Waals surface area contributed by atoms with Gasteiger partial charge in [0.25, 0.3) is 5.91 Å². The summed E-state index contributed by atoms with van der Waals surface area (Å²) in [5.41, 5.74) is 2.69. The Kier molecular flexibility index (Phi) is 5.38. The molecule has 6 heteroatoms. The smallest absolute Gasteiger partial charge is 0.264 e. The second kappa shape index (κ2) is 7.70. The molecule has 1 aliphatic heterocycles. The van der Waals surface area contributed by atoms with Crippen molar-refractivity contribution in [2.75, 3.05) is 7.11 Å². The lowest BCUT2D eigenvalue weighted by Crippen LogP contribution is -2.36. The number of halogens is 1. The molecule has 0 spiro atoms. The van der Waals surface area contributed by atoms with Gasteiger partial charge in [-0.1, -0.05) is 45.4 Å². The minimum Gasteiger partial charge on any atom is -0.497 e. The molecule has 130 valence electrons. The molecule has 2 aromatic carbocycles. The number of hydrogen-bond donors (Lipinski definition) is 1. The Morgan fingerprint density at radius 2 is 2.12 bits per heavy atom. The molecule has 0 bridgehead atoms. The van der Waals surface area contributed by atoms with Crippen LogP contribution in [0.1, 0.15) is 30.5 Å². The Morgan fingerprint density at radius 1 is 1.32 bits per heavy atom. The minimum absolute atomic E-state index is 0.152. The molecule has 0 radical (unpaired) electrons. The van der Waals surface area contributed by atoms with Gasteiger partial charge in [-0.2, -0.15) is 0 Å². The summed E-state index contributed by atoms with van der Waals surface area (Å²) in [7, 11) is 1.62. The van der Waals surface area contributed by atoms with Crippen LogP contribution in [0.15, 0.2) is 58.2 Å². The van der Waals surface area contributed by atoms with E-state index in [-0.39, 0.29) is 11.9 Å². The largest absolute Gasteiger partial charge is 0.497 e. The Balaban J connectivity index is 1.61. The second-order valence-corrected chi connectivity index (χ2v) is 6.77. The number of benzene rings is 2. The van der Waals surface area contributed by atoms with E-state index in [0.29, 0.717) is 6.42 Å². The number of nitrogens with one attached hydrogen (secondary N) is 1. The molecule has 0 aromatic heterocycles. The van der Waals surface area contributed by atoms with Crippen LogP contribution in [0.25, 0.3) is 0 Å². The number of carbonyl (C=O) groups excluding carboxylic acids is 1. The van der Waals surface area contributed by atoms with Gasteiger partial charge in [-0.05, 0) is 36.8 Å². The lowest BCUT2D eigenvalue weighted by atomic mass is 10.0. The molecule has 2 aromatic rings. The van der Waals surface area contributed by atoms with Gasteiger partial charge in [0.2, 0.25) is 6.10 Å². The molecule has 0 saturated heterocycles. The summed E-state index contributed by atoms with van der Waals surface area (Å²) in [4.78, 5) is 17.8. The Bertz CT molecular complexity index is 807. The van der Waals surface area contributed by atoms with Gasteiger partial charge in [0.1, 0.15) is 5.75 Å². The highest BCUT2D eigenvalue weighted by molar-refractivity contribution is 9.10. The topological polar surface area (TPSA) is 59.9 Å². The highest BCUT2D eigenvalue weighted by atomic mass is 79.9. The van der Waals surface area contributed by atoms with Crippen LogP contribution in [0.3, 0.4) is 0 Å². The first-order chi connectivity index (χ1) is 12.1. The van der Waals surface area contributed by atoms with Crippen molar-refractivity contribution in [3.05, 3.63) is 64.1 Å². The van der Waals surface area contributed by atoms with Crippen LogP contribution >= 0.6 is 15.9 Å². The lowest BCUT2D eigenvalue weighted by Gasteiger charge is -2.17. The first kappa shape index (κ1) is 17.5. The first-order valence-corrected chi connectivity index (χ1v) is 8.79. The summed E-state index contributed by atoms with van der Waals surface area (Å²) in [6.07, 6.45) is -0.158. The van der Waals surface area contributed by atoms with Crippen molar-refractivity contribution >= 4 is 27.5 Å². The number of nitrogens with zero attached hydrogens (tertiary/aromatic N) is 1. The highest BCUT2D eigenvalue weighted by Gasteiger charge is 2.29. The molecule has 1 heterocycles. The summed E-state index contributed by atoms with van der Waals surface area (Å²) in [6, 6.07) is 15.3. The zero-order valence-electron chi connectivity index (χ0n) is 14.0. The maximum atomic E-state index is 12.5. The van der Waals surface area contributed by atoms with E-state index in [0.717, 1.165) is 27.1 Å². The summed E-state index contributed by atoms with van der Waals surface area (Å²) in [6.45, 7) is 1.93. The molecule has 2 atom stereocenters. The van der Waals surface area contributed by atoms with Gasteiger partial charge in [-0.25, -0.2) is 0 Å². The fourth-order valence-electron chi connectivity index (χ4n) is 2.66. The maximum Gasteiger partial charge on any atom is 0.264 e. The number of oxime groups is 1. The molecular formula is C19H19BrN2O3. The number of ether oxygens (including phenoxy) is 1. The third-order valence-electron chi connectivity index (χ3n) is 4.07. The van der Waals surface area contributed by atoms with Crippen molar-refractivity contribution in [3.63, 3.8) is 0 Å².